The van der Waals surface area contributed by atoms with Gasteiger partial charge in [-0.15, -0.1) is 0 Å². The number of hydrogen-bond acceptors (Lipinski definition) is 1. The van der Waals surface area contributed by atoms with Gasteiger partial charge in [0.15, 0.2) is 0 Å². The third kappa shape index (κ3) is 3.80. The number of rotatable bonds is 5. The SMILES string of the molecule is CCC[C@@]1(O)C[C@H](c2ccccc2)[NH2+][C@H](c2ccccc2)[C@@H]1C(C)C. The second kappa shape index (κ2) is 7.72. The van der Waals surface area contributed by atoms with E-state index < -0.39 is 5.60 Å². The maximum absolute atomic E-state index is 11.7. The molecular weight excluding hydrogens is 306 g/mol. The van der Waals surface area contributed by atoms with Crippen LogP contribution in [0, 0.1) is 11.8 Å². The molecule has 0 saturated carbocycles. The van der Waals surface area contributed by atoms with Gasteiger partial charge < -0.3 is 10.4 Å². The molecule has 0 spiro atoms. The van der Waals surface area contributed by atoms with Gasteiger partial charge in [-0.3, -0.25) is 0 Å². The zero-order valence-electron chi connectivity index (χ0n) is 15.7. The van der Waals surface area contributed by atoms with E-state index in [1.54, 1.807) is 0 Å². The minimum atomic E-state index is -0.612. The first-order chi connectivity index (χ1) is 12.0. The van der Waals surface area contributed by atoms with Crippen LogP contribution in [0.2, 0.25) is 0 Å². The molecule has 3 rings (SSSR count). The van der Waals surface area contributed by atoms with Crippen molar-refractivity contribution in [1.29, 1.82) is 0 Å². The molecule has 1 heterocycles. The number of nitrogens with two attached hydrogens (primary N) is 1. The summed E-state index contributed by atoms with van der Waals surface area (Å²) in [4.78, 5) is 0. The highest BCUT2D eigenvalue weighted by molar-refractivity contribution is 5.23. The Labute approximate surface area is 152 Å². The number of aliphatic hydroxyl groups is 1. The van der Waals surface area contributed by atoms with E-state index in [2.05, 4.69) is 86.8 Å². The Hall–Kier alpha value is -1.64. The molecule has 0 amide bonds. The highest BCUT2D eigenvalue weighted by atomic mass is 16.3. The number of hydrogen-bond donors (Lipinski definition) is 2. The lowest BCUT2D eigenvalue weighted by molar-refractivity contribution is -0.758. The Morgan fingerprint density at radius 1 is 1.00 bits per heavy atom. The average molecular weight is 339 g/mol. The molecule has 4 atom stereocenters. The van der Waals surface area contributed by atoms with E-state index in [1.807, 2.05) is 0 Å². The molecule has 2 nitrogen and oxygen atoms in total. The van der Waals surface area contributed by atoms with Gasteiger partial charge in [-0.05, 0) is 12.3 Å². The molecule has 2 aromatic carbocycles. The molecule has 25 heavy (non-hydrogen) atoms. The van der Waals surface area contributed by atoms with Crippen LogP contribution >= 0.6 is 0 Å². The predicted octanol–water partition coefficient (Wildman–Crippen LogP) is 4.24. The minimum Gasteiger partial charge on any atom is -0.389 e. The second-order valence-electron chi connectivity index (χ2n) is 7.97. The fourth-order valence-electron chi connectivity index (χ4n) is 4.95. The van der Waals surface area contributed by atoms with Crippen LogP contribution in [0.15, 0.2) is 60.7 Å². The molecule has 2 aromatic rings. The first-order valence-corrected chi connectivity index (χ1v) is 9.72. The lowest BCUT2D eigenvalue weighted by atomic mass is 9.65. The van der Waals surface area contributed by atoms with Gasteiger partial charge in [0.1, 0.15) is 12.1 Å². The van der Waals surface area contributed by atoms with Crippen LogP contribution in [0.1, 0.15) is 63.2 Å². The van der Waals surface area contributed by atoms with Crippen molar-refractivity contribution in [2.75, 3.05) is 0 Å². The fraction of sp³-hybridized carbons (Fsp3) is 0.478. The van der Waals surface area contributed by atoms with Crippen molar-refractivity contribution in [1.82, 2.24) is 0 Å². The first kappa shape index (κ1) is 18.2. The van der Waals surface area contributed by atoms with Crippen LogP contribution in [-0.4, -0.2) is 10.7 Å². The van der Waals surface area contributed by atoms with Crippen LogP contribution < -0.4 is 5.32 Å². The van der Waals surface area contributed by atoms with E-state index in [1.165, 1.54) is 11.1 Å². The summed E-state index contributed by atoms with van der Waals surface area (Å²) in [6, 6.07) is 22.0. The average Bonchev–Trinajstić information content (AvgIpc) is 2.62. The van der Waals surface area contributed by atoms with Crippen LogP contribution in [-0.2, 0) is 0 Å². The van der Waals surface area contributed by atoms with Gasteiger partial charge in [0.2, 0.25) is 0 Å². The highest BCUT2D eigenvalue weighted by Gasteiger charge is 2.51. The molecule has 0 unspecified atom stereocenters. The Bertz CT molecular complexity index is 654. The van der Waals surface area contributed by atoms with Crippen LogP contribution in [0.5, 0.6) is 0 Å². The summed E-state index contributed by atoms with van der Waals surface area (Å²) in [6.45, 7) is 6.71. The van der Waals surface area contributed by atoms with E-state index in [4.69, 9.17) is 0 Å². The van der Waals surface area contributed by atoms with Gasteiger partial charge in [0.25, 0.3) is 0 Å². The molecular formula is C23H32NO+. The smallest absolute Gasteiger partial charge is 0.118 e. The van der Waals surface area contributed by atoms with E-state index in [0.717, 1.165) is 19.3 Å². The summed E-state index contributed by atoms with van der Waals surface area (Å²) < 4.78 is 0. The van der Waals surface area contributed by atoms with Crippen molar-refractivity contribution in [3.8, 4) is 0 Å². The minimum absolute atomic E-state index is 0.259. The van der Waals surface area contributed by atoms with Crippen LogP contribution in [0.4, 0.5) is 0 Å². The zero-order chi connectivity index (χ0) is 17.9. The highest BCUT2D eigenvalue weighted by Crippen LogP contribution is 2.44. The molecule has 1 fully saturated rings. The quantitative estimate of drug-likeness (QED) is 0.840. The van der Waals surface area contributed by atoms with E-state index in [9.17, 15) is 5.11 Å². The molecule has 2 heteroatoms. The zero-order valence-corrected chi connectivity index (χ0v) is 15.7. The predicted molar refractivity (Wildman–Crippen MR) is 103 cm³/mol. The Balaban J connectivity index is 2.02. The van der Waals surface area contributed by atoms with Gasteiger partial charge in [-0.1, -0.05) is 87.9 Å². The van der Waals surface area contributed by atoms with Gasteiger partial charge in [0.05, 0.1) is 5.60 Å². The third-order valence-electron chi connectivity index (χ3n) is 5.83. The summed E-state index contributed by atoms with van der Waals surface area (Å²) in [5.41, 5.74) is 2.04. The van der Waals surface area contributed by atoms with E-state index >= 15 is 0 Å². The first-order valence-electron chi connectivity index (χ1n) is 9.72. The van der Waals surface area contributed by atoms with Crippen molar-refractivity contribution in [2.45, 2.75) is 57.7 Å². The summed E-state index contributed by atoms with van der Waals surface area (Å²) in [6.07, 6.45) is 2.72. The topological polar surface area (TPSA) is 36.8 Å². The second-order valence-corrected chi connectivity index (χ2v) is 7.97. The van der Waals surface area contributed by atoms with Gasteiger partial charge in [-0.2, -0.15) is 0 Å². The molecule has 0 aromatic heterocycles. The fourth-order valence-corrected chi connectivity index (χ4v) is 4.95. The molecule has 0 radical (unpaired) electrons. The molecule has 0 bridgehead atoms. The maximum Gasteiger partial charge on any atom is 0.118 e. The van der Waals surface area contributed by atoms with Crippen molar-refractivity contribution in [3.63, 3.8) is 0 Å². The lowest BCUT2D eigenvalue weighted by Gasteiger charge is -2.48. The molecule has 1 aliphatic rings. The van der Waals surface area contributed by atoms with Crippen molar-refractivity contribution >= 4 is 0 Å². The number of quaternary nitrogens is 1. The normalized spacial score (nSPS) is 29.7. The summed E-state index contributed by atoms with van der Waals surface area (Å²) in [5, 5.41) is 14.2. The van der Waals surface area contributed by atoms with Gasteiger partial charge in [-0.25, -0.2) is 0 Å². The molecule has 3 N–H and O–H groups in total. The Morgan fingerprint density at radius 3 is 2.08 bits per heavy atom. The Kier molecular flexibility index (Phi) is 5.61. The van der Waals surface area contributed by atoms with Crippen LogP contribution in [0.3, 0.4) is 0 Å². The number of benzene rings is 2. The van der Waals surface area contributed by atoms with E-state index in [-0.39, 0.29) is 12.0 Å². The van der Waals surface area contributed by atoms with Crippen molar-refractivity contribution in [3.05, 3.63) is 71.8 Å². The lowest BCUT2D eigenvalue weighted by Crippen LogP contribution is -2.92. The molecule has 0 aliphatic carbocycles. The molecule has 134 valence electrons. The molecule has 1 aliphatic heterocycles. The summed E-state index contributed by atoms with van der Waals surface area (Å²) in [7, 11) is 0. The molecule has 1 saturated heterocycles. The summed E-state index contributed by atoms with van der Waals surface area (Å²) >= 11 is 0. The standard InChI is InChI=1S/C23H31NO/c1-4-15-23(25)16-20(18-11-7-5-8-12-18)24-22(21(23)17(2)3)19-13-9-6-10-14-19/h5-14,17,20-22,24-25H,4,15-16H2,1-3H3/p+1/t20-,21+,22-,23-/m1/s1. The van der Waals surface area contributed by atoms with Gasteiger partial charge in [0, 0.05) is 23.5 Å². The van der Waals surface area contributed by atoms with Crippen molar-refractivity contribution in [2.24, 2.45) is 11.8 Å². The monoisotopic (exact) mass is 338 g/mol. The van der Waals surface area contributed by atoms with Gasteiger partial charge >= 0.3 is 0 Å². The maximum atomic E-state index is 11.7. The van der Waals surface area contributed by atoms with E-state index in [0.29, 0.717) is 12.0 Å². The largest absolute Gasteiger partial charge is 0.389 e. The third-order valence-corrected chi connectivity index (χ3v) is 5.83. The number of piperidine rings is 1. The van der Waals surface area contributed by atoms with Crippen molar-refractivity contribution < 1.29 is 10.4 Å². The Morgan fingerprint density at radius 2 is 1.56 bits per heavy atom. The van der Waals surface area contributed by atoms with Crippen LogP contribution in [0.25, 0.3) is 0 Å². The summed E-state index contributed by atoms with van der Waals surface area (Å²) in [5.74, 6) is 0.699.